The molecule has 0 amide bonds. The second-order valence-corrected chi connectivity index (χ2v) is 4.23. The third kappa shape index (κ3) is 14.7. The molecule has 0 spiro atoms. The first kappa shape index (κ1) is 15.4. The molecule has 82 valence electrons. The summed E-state index contributed by atoms with van der Waals surface area (Å²) in [7, 11) is 6.54. The van der Waals surface area contributed by atoms with Crippen molar-refractivity contribution in [1.82, 2.24) is 4.90 Å². The summed E-state index contributed by atoms with van der Waals surface area (Å²) < 4.78 is 1.07. The van der Waals surface area contributed by atoms with Gasteiger partial charge < -0.3 is 9.38 Å². The maximum Gasteiger partial charge on any atom is 0.0751 e. The molecule has 0 aliphatic heterocycles. The molecule has 0 saturated heterocycles. The van der Waals surface area contributed by atoms with Crippen molar-refractivity contribution >= 4 is 0 Å². The van der Waals surface area contributed by atoms with E-state index in [9.17, 15) is 0 Å². The van der Waals surface area contributed by atoms with Crippen molar-refractivity contribution in [3.05, 3.63) is 0 Å². The topological polar surface area (TPSA) is 3.24 Å². The fourth-order valence-corrected chi connectivity index (χ4v) is 0.671. The predicted molar refractivity (Wildman–Crippen MR) is 62.0 cm³/mol. The predicted octanol–water partition coefficient (Wildman–Crippen LogP) is 2.06. The fraction of sp³-hybridized carbons (Fsp3) is 1.00. The van der Waals surface area contributed by atoms with E-state index in [0.29, 0.717) is 0 Å². The van der Waals surface area contributed by atoms with Crippen LogP contribution in [-0.4, -0.2) is 56.7 Å². The molecule has 0 aliphatic carbocycles. The summed E-state index contributed by atoms with van der Waals surface area (Å²) in [4.78, 5) is 2.38. The van der Waals surface area contributed by atoms with Gasteiger partial charge in [-0.15, -0.1) is 0 Å². The SMILES string of the molecule is CCN(CC)CC.CC[N+](C)(C)C. The highest BCUT2D eigenvalue weighted by atomic mass is 15.3. The molecule has 13 heavy (non-hydrogen) atoms. The number of rotatable bonds is 4. The molecule has 0 aliphatic rings. The summed E-state index contributed by atoms with van der Waals surface area (Å²) >= 11 is 0. The van der Waals surface area contributed by atoms with Crippen LogP contribution in [0.3, 0.4) is 0 Å². The van der Waals surface area contributed by atoms with E-state index in [4.69, 9.17) is 0 Å². The van der Waals surface area contributed by atoms with Gasteiger partial charge in [0.25, 0.3) is 0 Å². The van der Waals surface area contributed by atoms with Crippen LogP contribution in [0, 0.1) is 0 Å². The zero-order valence-corrected chi connectivity index (χ0v) is 10.7. The van der Waals surface area contributed by atoms with Crippen molar-refractivity contribution in [3.8, 4) is 0 Å². The lowest BCUT2D eigenvalue weighted by Gasteiger charge is -2.20. The highest BCUT2D eigenvalue weighted by Crippen LogP contribution is 1.83. The fourth-order valence-electron chi connectivity index (χ4n) is 0.671. The van der Waals surface area contributed by atoms with Crippen molar-refractivity contribution in [1.29, 1.82) is 0 Å². The number of nitrogens with zero attached hydrogens (tertiary/aromatic N) is 2. The molecule has 0 radical (unpaired) electrons. The summed E-state index contributed by atoms with van der Waals surface area (Å²) in [5, 5.41) is 0. The normalized spacial score (nSPS) is 11.1. The molecule has 0 rings (SSSR count). The van der Waals surface area contributed by atoms with Gasteiger partial charge in [-0.25, -0.2) is 0 Å². The Bertz CT molecular complexity index is 85.2. The molecular weight excluding hydrogens is 160 g/mol. The monoisotopic (exact) mass is 189 g/mol. The average molecular weight is 189 g/mol. The maximum atomic E-state index is 2.38. The molecule has 0 unspecified atom stereocenters. The van der Waals surface area contributed by atoms with Gasteiger partial charge in [0, 0.05) is 0 Å². The van der Waals surface area contributed by atoms with Crippen LogP contribution >= 0.6 is 0 Å². The van der Waals surface area contributed by atoms with Crippen molar-refractivity contribution in [2.75, 3.05) is 47.3 Å². The summed E-state index contributed by atoms with van der Waals surface area (Å²) in [5.74, 6) is 0. The number of hydrogen-bond acceptors (Lipinski definition) is 1. The van der Waals surface area contributed by atoms with Gasteiger partial charge >= 0.3 is 0 Å². The van der Waals surface area contributed by atoms with Crippen LogP contribution in [0.15, 0.2) is 0 Å². The molecule has 0 atom stereocenters. The van der Waals surface area contributed by atoms with Gasteiger partial charge in [-0.05, 0) is 26.6 Å². The van der Waals surface area contributed by atoms with Crippen molar-refractivity contribution in [3.63, 3.8) is 0 Å². The lowest BCUT2D eigenvalue weighted by molar-refractivity contribution is -0.868. The molecule has 2 nitrogen and oxygen atoms in total. The first-order valence-electron chi connectivity index (χ1n) is 5.43. The quantitative estimate of drug-likeness (QED) is 0.612. The third-order valence-corrected chi connectivity index (χ3v) is 2.29. The van der Waals surface area contributed by atoms with E-state index >= 15 is 0 Å². The Kier molecular flexibility index (Phi) is 10.1. The minimum atomic E-state index is 1.07. The average Bonchev–Trinajstić information content (AvgIpc) is 2.07. The Labute approximate surface area is 85.1 Å². The summed E-state index contributed by atoms with van der Waals surface area (Å²) in [6.45, 7) is 13.5. The van der Waals surface area contributed by atoms with Crippen molar-refractivity contribution in [2.45, 2.75) is 27.7 Å². The van der Waals surface area contributed by atoms with Gasteiger partial charge in [0.1, 0.15) is 0 Å². The highest BCUT2D eigenvalue weighted by molar-refractivity contribution is 4.43. The first-order valence-corrected chi connectivity index (χ1v) is 5.43. The molecule has 2 heteroatoms. The lowest BCUT2D eigenvalue weighted by atomic mass is 10.5. The largest absolute Gasteiger partial charge is 0.331 e. The Morgan fingerprint density at radius 2 is 1.00 bits per heavy atom. The van der Waals surface area contributed by atoms with Crippen LogP contribution in [0.25, 0.3) is 0 Å². The highest BCUT2D eigenvalue weighted by Gasteiger charge is 1.97. The van der Waals surface area contributed by atoms with Gasteiger partial charge in [0.2, 0.25) is 0 Å². The van der Waals surface area contributed by atoms with E-state index in [1.807, 2.05) is 0 Å². The molecule has 0 fully saturated rings. The molecule has 0 heterocycles. The van der Waals surface area contributed by atoms with Gasteiger partial charge in [-0.1, -0.05) is 20.8 Å². The molecule has 0 saturated carbocycles. The molecule has 0 aromatic rings. The van der Waals surface area contributed by atoms with E-state index in [2.05, 4.69) is 53.7 Å². The van der Waals surface area contributed by atoms with Gasteiger partial charge in [0.05, 0.1) is 27.7 Å². The Morgan fingerprint density at radius 1 is 0.769 bits per heavy atom. The smallest absolute Gasteiger partial charge is 0.0751 e. The van der Waals surface area contributed by atoms with Crippen LogP contribution in [0.1, 0.15) is 27.7 Å². The van der Waals surface area contributed by atoms with E-state index < -0.39 is 0 Å². The van der Waals surface area contributed by atoms with Crippen LogP contribution in [0.5, 0.6) is 0 Å². The molecule has 0 N–H and O–H groups in total. The zero-order valence-electron chi connectivity index (χ0n) is 10.7. The Balaban J connectivity index is 0. The van der Waals surface area contributed by atoms with Crippen molar-refractivity contribution in [2.24, 2.45) is 0 Å². The van der Waals surface area contributed by atoms with E-state index in [1.54, 1.807) is 0 Å². The Morgan fingerprint density at radius 3 is 1.00 bits per heavy atom. The Hall–Kier alpha value is -0.0800. The number of hydrogen-bond donors (Lipinski definition) is 0. The van der Waals surface area contributed by atoms with E-state index in [-0.39, 0.29) is 0 Å². The second-order valence-electron chi connectivity index (χ2n) is 4.23. The lowest BCUT2D eigenvalue weighted by Crippen LogP contribution is -2.33. The van der Waals surface area contributed by atoms with Crippen LogP contribution in [-0.2, 0) is 0 Å². The first-order chi connectivity index (χ1) is 5.91. The molecule has 0 bridgehead atoms. The van der Waals surface area contributed by atoms with E-state index in [1.165, 1.54) is 26.2 Å². The molecule has 0 aromatic carbocycles. The second kappa shape index (κ2) is 8.52. The van der Waals surface area contributed by atoms with Crippen LogP contribution in [0.2, 0.25) is 0 Å². The van der Waals surface area contributed by atoms with Crippen molar-refractivity contribution < 1.29 is 4.48 Å². The summed E-state index contributed by atoms with van der Waals surface area (Å²) in [6, 6.07) is 0. The van der Waals surface area contributed by atoms with Gasteiger partial charge in [-0.2, -0.15) is 0 Å². The molecule has 0 aromatic heterocycles. The molecular formula is C11H29N2+. The summed E-state index contributed by atoms with van der Waals surface area (Å²) in [5.41, 5.74) is 0. The number of quaternary nitrogens is 1. The van der Waals surface area contributed by atoms with Gasteiger partial charge in [0.15, 0.2) is 0 Å². The standard InChI is InChI=1S/C6H15N.C5H14N/c1-4-7(5-2)6-3;1-5-6(2,3)4/h4-6H2,1-3H3;5H2,1-4H3/q;+1. The zero-order chi connectivity index (χ0) is 10.9. The summed E-state index contributed by atoms with van der Waals surface area (Å²) in [6.07, 6.45) is 0. The van der Waals surface area contributed by atoms with Crippen LogP contribution in [0.4, 0.5) is 0 Å². The minimum absolute atomic E-state index is 1.07. The maximum absolute atomic E-state index is 2.38. The van der Waals surface area contributed by atoms with Crippen LogP contribution < -0.4 is 0 Å². The van der Waals surface area contributed by atoms with E-state index in [0.717, 1.165) is 4.48 Å². The van der Waals surface area contributed by atoms with Gasteiger partial charge in [-0.3, -0.25) is 0 Å². The third-order valence-electron chi connectivity index (χ3n) is 2.29. The minimum Gasteiger partial charge on any atom is -0.331 e.